The first-order chi connectivity index (χ1) is 21.4. The third-order valence-electron chi connectivity index (χ3n) is 9.25. The molecule has 0 atom stereocenters. The van der Waals surface area contributed by atoms with E-state index in [1.54, 1.807) is 0 Å². The largest absolute Gasteiger partial charge is 0.350 e. The molecule has 1 N–H and O–H groups in total. The lowest BCUT2D eigenvalue weighted by molar-refractivity contribution is -0.106. The second kappa shape index (κ2) is 15.4. The second-order valence-corrected chi connectivity index (χ2v) is 12.3. The number of hydrogen-bond acceptors (Lipinski definition) is 6. The van der Waals surface area contributed by atoms with E-state index in [9.17, 15) is 18.4 Å². The number of aldehydes is 1. The van der Waals surface area contributed by atoms with Crippen molar-refractivity contribution in [1.29, 1.82) is 0 Å². The zero-order valence-corrected chi connectivity index (χ0v) is 27.5. The monoisotopic (exact) mass is 623 g/mol. The molecule has 45 heavy (non-hydrogen) atoms. The molecule has 0 saturated heterocycles. The fourth-order valence-electron chi connectivity index (χ4n) is 6.19. The average molecular weight is 624 g/mol. The number of benzene rings is 1. The Balaban J connectivity index is 0.000000245. The molecule has 1 aromatic carbocycles. The fraction of sp³-hybridized carbons (Fsp3) is 0.514. The molecule has 0 radical (unpaired) electrons. The number of rotatable bonds is 5. The van der Waals surface area contributed by atoms with Gasteiger partial charge in [0.1, 0.15) is 24.3 Å². The molecule has 0 unspecified atom stereocenters. The van der Waals surface area contributed by atoms with Crippen LogP contribution in [0.15, 0.2) is 42.7 Å². The van der Waals surface area contributed by atoms with E-state index in [1.165, 1.54) is 44.7 Å². The summed E-state index contributed by atoms with van der Waals surface area (Å²) in [6, 6.07) is 7.18. The van der Waals surface area contributed by atoms with Gasteiger partial charge in [0.05, 0.1) is 6.20 Å². The number of ketones is 1. The summed E-state index contributed by atoms with van der Waals surface area (Å²) in [5, 5.41) is 6.90. The highest BCUT2D eigenvalue weighted by Crippen LogP contribution is 2.56. The van der Waals surface area contributed by atoms with Gasteiger partial charge in [0.15, 0.2) is 17.2 Å². The van der Waals surface area contributed by atoms with Crippen LogP contribution in [0, 0.1) is 16.6 Å². The minimum Gasteiger partial charge on any atom is -0.350 e. The third kappa shape index (κ3) is 8.21. The molecule has 2 aromatic heterocycles. The van der Waals surface area contributed by atoms with Crippen LogP contribution in [0.3, 0.4) is 0 Å². The number of hydrogen-bond donors (Lipinski definition) is 1. The summed E-state index contributed by atoms with van der Waals surface area (Å²) in [6.45, 7) is 13.3. The fourth-order valence-corrected chi connectivity index (χ4v) is 6.19. The van der Waals surface area contributed by atoms with Gasteiger partial charge in [-0.3, -0.25) is 9.59 Å². The maximum absolute atomic E-state index is 13.9. The van der Waals surface area contributed by atoms with Crippen LogP contribution in [0.2, 0.25) is 0 Å². The Labute approximate surface area is 265 Å². The lowest BCUT2D eigenvalue weighted by Gasteiger charge is -2.52. The molecule has 0 spiro atoms. The predicted molar refractivity (Wildman–Crippen MR) is 174 cm³/mol. The van der Waals surface area contributed by atoms with Crippen molar-refractivity contribution >= 4 is 29.3 Å². The Bertz CT molecular complexity index is 1510. The number of nitrogens with one attached hydrogen (secondary N) is 1. The maximum Gasteiger partial charge on any atom is 0.270 e. The molecule has 244 valence electrons. The summed E-state index contributed by atoms with van der Waals surface area (Å²) in [6.07, 6.45) is 10.8. The summed E-state index contributed by atoms with van der Waals surface area (Å²) in [5.41, 5.74) is 4.98. The molecule has 2 bridgehead atoms. The van der Waals surface area contributed by atoms with E-state index in [2.05, 4.69) is 33.8 Å². The van der Waals surface area contributed by atoms with Gasteiger partial charge in [0.2, 0.25) is 0 Å². The van der Waals surface area contributed by atoms with E-state index < -0.39 is 12.5 Å². The summed E-state index contributed by atoms with van der Waals surface area (Å²) in [4.78, 5) is 39.3. The van der Waals surface area contributed by atoms with Crippen LogP contribution in [-0.4, -0.2) is 46.2 Å². The highest BCUT2D eigenvalue weighted by atomic mass is 19.1. The first-order valence-corrected chi connectivity index (χ1v) is 15.8. The Hall–Kier alpha value is -3.95. The highest BCUT2D eigenvalue weighted by Gasteiger charge is 2.46. The van der Waals surface area contributed by atoms with Gasteiger partial charge in [0, 0.05) is 31.9 Å². The number of carbonyl (C=O) groups is 3. The van der Waals surface area contributed by atoms with Crippen molar-refractivity contribution in [3.05, 3.63) is 71.1 Å². The smallest absolute Gasteiger partial charge is 0.270 e. The molecule has 1 aliphatic heterocycles. The number of aryl methyl sites for hydroxylation is 1. The lowest BCUT2D eigenvalue weighted by atomic mass is 9.54. The van der Waals surface area contributed by atoms with Gasteiger partial charge in [-0.15, -0.1) is 0 Å². The number of fused-ring (bicyclic) bond motifs is 5. The molecule has 8 nitrogen and oxygen atoms in total. The van der Waals surface area contributed by atoms with Crippen LogP contribution in [0.5, 0.6) is 0 Å². The van der Waals surface area contributed by atoms with Gasteiger partial charge in [-0.2, -0.15) is 5.10 Å². The molecule has 3 aromatic rings. The molecular weight excluding hydrogens is 576 g/mol. The van der Waals surface area contributed by atoms with Gasteiger partial charge >= 0.3 is 0 Å². The number of alkyl halides is 1. The molecule has 10 heteroatoms. The zero-order valence-electron chi connectivity index (χ0n) is 27.5. The van der Waals surface area contributed by atoms with E-state index in [0.29, 0.717) is 12.0 Å². The van der Waals surface area contributed by atoms with Crippen molar-refractivity contribution < 1.29 is 23.2 Å². The number of aromatic nitrogens is 3. The molecule has 1 amide bonds. The molecule has 3 saturated carbocycles. The van der Waals surface area contributed by atoms with E-state index in [0.717, 1.165) is 66.1 Å². The number of allylic oxidation sites excluding steroid dienone is 1. The van der Waals surface area contributed by atoms with Gasteiger partial charge in [-0.25, -0.2) is 18.3 Å². The number of halogens is 2. The first kappa shape index (κ1) is 35.5. The van der Waals surface area contributed by atoms with Crippen molar-refractivity contribution in [2.24, 2.45) is 10.8 Å². The Morgan fingerprint density at radius 1 is 1.09 bits per heavy atom. The van der Waals surface area contributed by atoms with E-state index >= 15 is 0 Å². The third-order valence-corrected chi connectivity index (χ3v) is 9.25. The normalized spacial score (nSPS) is 21.2. The number of carbonyl (C=O) groups excluding carboxylic acids is 3. The summed E-state index contributed by atoms with van der Waals surface area (Å²) in [7, 11) is 1.99. The number of nitrogens with zero attached hydrogens (tertiary/aromatic N) is 4. The predicted octanol–water partition coefficient (Wildman–Crippen LogP) is 7.44. The number of Topliss-reactive ketones (excluding diaryl/α,β-unsaturated/α-hetero) is 1. The molecule has 7 rings (SSSR count). The standard InChI is InChI=1S/C19H23FN4O2.C12H14FN.C2H4O.C2H6/c1-12(25)14-9-15(24-16(23-14)13(20)10-22-24)17(26)21-11-19-6-3-18(2,4-7-19)5-8-19;1-9-3-5-11-6-4-10(8-13)7-12(11)14(9)2;1-2-3;1-2/h9-10H,3-8,11H2,1-2H3,(H,21,26);4,6-7H,1,3,5,8H2,2H3;2H,1H3;1-2H3. The SMILES string of the molecule is C=C1CCc2ccc(CF)cc2N1C.CC.CC(=O)c1cc(C(=O)NCC23CCC(C)(CC2)CC3)n2ncc(F)c2n1.CC=O. The van der Waals surface area contributed by atoms with Crippen LogP contribution < -0.4 is 10.2 Å². The van der Waals surface area contributed by atoms with Crippen LogP contribution in [0.1, 0.15) is 112 Å². The quantitative estimate of drug-likeness (QED) is 0.234. The summed E-state index contributed by atoms with van der Waals surface area (Å²) in [5.74, 6) is -1.32. The molecule has 3 aliphatic carbocycles. The maximum atomic E-state index is 13.9. The lowest BCUT2D eigenvalue weighted by Crippen LogP contribution is -2.46. The molecule has 3 heterocycles. The van der Waals surface area contributed by atoms with E-state index in [4.69, 9.17) is 4.79 Å². The number of amides is 1. The van der Waals surface area contributed by atoms with Crippen LogP contribution in [0.25, 0.3) is 5.65 Å². The van der Waals surface area contributed by atoms with Crippen molar-refractivity contribution in [2.45, 2.75) is 92.7 Å². The molecular formula is C35H47F2N5O3. The van der Waals surface area contributed by atoms with Crippen molar-refractivity contribution in [3.63, 3.8) is 0 Å². The van der Waals surface area contributed by atoms with Gasteiger partial charge in [-0.05, 0) is 92.4 Å². The summed E-state index contributed by atoms with van der Waals surface area (Å²) >= 11 is 0. The van der Waals surface area contributed by atoms with Crippen LogP contribution in [-0.2, 0) is 17.9 Å². The number of anilines is 1. The van der Waals surface area contributed by atoms with Crippen LogP contribution >= 0.6 is 0 Å². The van der Waals surface area contributed by atoms with E-state index in [-0.39, 0.29) is 34.1 Å². The van der Waals surface area contributed by atoms with E-state index in [1.807, 2.05) is 39.1 Å². The van der Waals surface area contributed by atoms with Crippen molar-refractivity contribution in [1.82, 2.24) is 19.9 Å². The highest BCUT2D eigenvalue weighted by molar-refractivity contribution is 5.98. The molecule has 4 aliphatic rings. The Morgan fingerprint density at radius 3 is 2.29 bits per heavy atom. The topological polar surface area (TPSA) is 96.7 Å². The Morgan fingerprint density at radius 2 is 1.71 bits per heavy atom. The van der Waals surface area contributed by atoms with Gasteiger partial charge in [0.25, 0.3) is 5.91 Å². The Kier molecular flexibility index (Phi) is 12.1. The van der Waals surface area contributed by atoms with Crippen molar-refractivity contribution in [2.75, 3.05) is 18.5 Å². The van der Waals surface area contributed by atoms with Gasteiger partial charge in [-0.1, -0.05) is 39.5 Å². The van der Waals surface area contributed by atoms with Gasteiger partial charge < -0.3 is 15.0 Å². The van der Waals surface area contributed by atoms with Crippen LogP contribution in [0.4, 0.5) is 14.5 Å². The first-order valence-electron chi connectivity index (χ1n) is 15.8. The molecule has 3 fully saturated rings. The zero-order chi connectivity index (χ0) is 33.4. The average Bonchev–Trinajstić information content (AvgIpc) is 3.44. The minimum atomic E-state index is -0.653. The second-order valence-electron chi connectivity index (χ2n) is 12.3. The summed E-state index contributed by atoms with van der Waals surface area (Å²) < 4.78 is 27.5. The minimum absolute atomic E-state index is 0.0614. The van der Waals surface area contributed by atoms with Crippen molar-refractivity contribution in [3.8, 4) is 0 Å².